The van der Waals surface area contributed by atoms with E-state index in [1.165, 1.54) is 0 Å². The zero-order valence-electron chi connectivity index (χ0n) is 10.4. The minimum absolute atomic E-state index is 0.0493. The first kappa shape index (κ1) is 14.9. The molecule has 0 aliphatic rings. The van der Waals surface area contributed by atoms with Gasteiger partial charge in [-0.15, -0.1) is 0 Å². The Balaban J connectivity index is 3.94. The Morgan fingerprint density at radius 2 is 2.12 bits per heavy atom. The lowest BCUT2D eigenvalue weighted by Crippen LogP contribution is -2.40. The van der Waals surface area contributed by atoms with Crippen LogP contribution in [0.1, 0.15) is 13.3 Å². The highest BCUT2D eigenvalue weighted by molar-refractivity contribution is 5.77. The summed E-state index contributed by atoms with van der Waals surface area (Å²) >= 11 is 0. The van der Waals surface area contributed by atoms with E-state index in [0.717, 1.165) is 13.1 Å². The van der Waals surface area contributed by atoms with E-state index in [4.69, 9.17) is 10.00 Å². The summed E-state index contributed by atoms with van der Waals surface area (Å²) in [6, 6.07) is 2.03. The molecule has 0 rings (SSSR count). The Morgan fingerprint density at radius 3 is 2.62 bits per heavy atom. The largest absolute Gasteiger partial charge is 0.383 e. The number of hydrogen-bond acceptors (Lipinski definition) is 4. The number of amides is 1. The molecule has 0 fully saturated rings. The lowest BCUT2D eigenvalue weighted by molar-refractivity contribution is -0.131. The number of nitriles is 1. The second-order valence-corrected chi connectivity index (χ2v) is 3.58. The lowest BCUT2D eigenvalue weighted by atomic mass is 10.4. The average molecular weight is 227 g/mol. The van der Waals surface area contributed by atoms with Crippen LogP contribution in [0, 0.1) is 11.3 Å². The first-order chi connectivity index (χ1) is 7.65. The fraction of sp³-hybridized carbons (Fsp3) is 0.818. The van der Waals surface area contributed by atoms with Crippen molar-refractivity contribution in [1.82, 2.24) is 9.80 Å². The summed E-state index contributed by atoms with van der Waals surface area (Å²) in [7, 11) is 3.37. The minimum atomic E-state index is 0.0493. The number of likely N-dealkylation sites (N-methyl/N-ethyl adjacent to an activating group) is 2. The summed E-state index contributed by atoms with van der Waals surface area (Å²) in [5, 5.41) is 8.43. The predicted octanol–water partition coefficient (Wildman–Crippen LogP) is 0.327. The Bertz CT molecular complexity index is 238. The normalized spacial score (nSPS) is 10.2. The predicted molar refractivity (Wildman–Crippen MR) is 61.9 cm³/mol. The van der Waals surface area contributed by atoms with Crippen molar-refractivity contribution in [2.24, 2.45) is 0 Å². The number of ether oxygens (including phenoxy) is 1. The Kier molecular flexibility index (Phi) is 8.49. The van der Waals surface area contributed by atoms with Gasteiger partial charge < -0.3 is 9.64 Å². The SMILES string of the molecule is CCN(CCOC)CC(=O)N(C)CCC#N. The van der Waals surface area contributed by atoms with Crippen molar-refractivity contribution in [2.75, 3.05) is 46.9 Å². The molecule has 0 saturated heterocycles. The molecule has 0 heterocycles. The molecular formula is C11H21N3O2. The molecule has 16 heavy (non-hydrogen) atoms. The lowest BCUT2D eigenvalue weighted by Gasteiger charge is -2.23. The fourth-order valence-corrected chi connectivity index (χ4v) is 1.22. The molecule has 5 heteroatoms. The molecule has 0 spiro atoms. The zero-order valence-corrected chi connectivity index (χ0v) is 10.4. The Hall–Kier alpha value is -1.12. The second-order valence-electron chi connectivity index (χ2n) is 3.58. The van der Waals surface area contributed by atoms with Crippen LogP contribution < -0.4 is 0 Å². The highest BCUT2D eigenvalue weighted by Gasteiger charge is 2.12. The number of carbonyl (C=O) groups is 1. The molecule has 0 bridgehead atoms. The highest BCUT2D eigenvalue weighted by atomic mass is 16.5. The molecule has 0 unspecified atom stereocenters. The van der Waals surface area contributed by atoms with Crippen molar-refractivity contribution in [3.63, 3.8) is 0 Å². The fourth-order valence-electron chi connectivity index (χ4n) is 1.22. The third kappa shape index (κ3) is 6.38. The summed E-state index contributed by atoms with van der Waals surface area (Å²) in [5.74, 6) is 0.0493. The molecule has 0 aromatic carbocycles. The van der Waals surface area contributed by atoms with Gasteiger partial charge in [0.05, 0.1) is 25.6 Å². The number of hydrogen-bond donors (Lipinski definition) is 0. The summed E-state index contributed by atoms with van der Waals surface area (Å²) in [6.07, 6.45) is 0.381. The molecular weight excluding hydrogens is 206 g/mol. The van der Waals surface area contributed by atoms with Crippen LogP contribution in [0.2, 0.25) is 0 Å². The molecule has 0 aliphatic heterocycles. The molecule has 0 atom stereocenters. The smallest absolute Gasteiger partial charge is 0.236 e. The van der Waals surface area contributed by atoms with E-state index in [1.807, 2.05) is 17.9 Å². The van der Waals surface area contributed by atoms with Gasteiger partial charge in [-0.3, -0.25) is 9.69 Å². The maximum absolute atomic E-state index is 11.7. The molecule has 0 aromatic rings. The first-order valence-corrected chi connectivity index (χ1v) is 5.47. The van der Waals surface area contributed by atoms with E-state index >= 15 is 0 Å². The van der Waals surface area contributed by atoms with Crippen LogP contribution in [-0.4, -0.2) is 62.7 Å². The van der Waals surface area contributed by atoms with Crippen molar-refractivity contribution >= 4 is 5.91 Å². The Labute approximate surface area is 97.6 Å². The standard InChI is InChI=1S/C11H21N3O2/c1-4-14(8-9-16-3)10-11(15)13(2)7-5-6-12/h4-5,7-10H2,1-3H3. The number of carbonyl (C=O) groups excluding carboxylic acids is 1. The molecule has 0 N–H and O–H groups in total. The van der Waals surface area contributed by atoms with Gasteiger partial charge in [0.25, 0.3) is 0 Å². The van der Waals surface area contributed by atoms with Crippen molar-refractivity contribution in [3.8, 4) is 6.07 Å². The minimum Gasteiger partial charge on any atom is -0.383 e. The van der Waals surface area contributed by atoms with Gasteiger partial charge in [0, 0.05) is 27.2 Å². The summed E-state index contributed by atoms with van der Waals surface area (Å²) in [6.45, 7) is 5.10. The second kappa shape index (κ2) is 9.13. The number of methoxy groups -OCH3 is 1. The van der Waals surface area contributed by atoms with Gasteiger partial charge in [-0.05, 0) is 6.54 Å². The van der Waals surface area contributed by atoms with E-state index in [9.17, 15) is 4.79 Å². The van der Waals surface area contributed by atoms with Gasteiger partial charge in [-0.25, -0.2) is 0 Å². The van der Waals surface area contributed by atoms with E-state index in [-0.39, 0.29) is 5.91 Å². The van der Waals surface area contributed by atoms with Crippen molar-refractivity contribution < 1.29 is 9.53 Å². The molecule has 0 aliphatic carbocycles. The molecule has 92 valence electrons. The summed E-state index contributed by atoms with van der Waals surface area (Å²) in [5.41, 5.74) is 0. The molecule has 5 nitrogen and oxygen atoms in total. The third-order valence-corrected chi connectivity index (χ3v) is 2.40. The summed E-state index contributed by atoms with van der Waals surface area (Å²) < 4.78 is 4.97. The molecule has 0 saturated carbocycles. The van der Waals surface area contributed by atoms with Crippen LogP contribution >= 0.6 is 0 Å². The van der Waals surface area contributed by atoms with Crippen molar-refractivity contribution in [1.29, 1.82) is 5.26 Å². The van der Waals surface area contributed by atoms with Crippen LogP contribution in [0.3, 0.4) is 0 Å². The van der Waals surface area contributed by atoms with E-state index in [2.05, 4.69) is 0 Å². The third-order valence-electron chi connectivity index (χ3n) is 2.40. The van der Waals surface area contributed by atoms with Gasteiger partial charge >= 0.3 is 0 Å². The van der Waals surface area contributed by atoms with Crippen LogP contribution in [-0.2, 0) is 9.53 Å². The van der Waals surface area contributed by atoms with Crippen molar-refractivity contribution in [2.45, 2.75) is 13.3 Å². The summed E-state index contributed by atoms with van der Waals surface area (Å²) in [4.78, 5) is 15.3. The van der Waals surface area contributed by atoms with Crippen LogP contribution in [0.15, 0.2) is 0 Å². The first-order valence-electron chi connectivity index (χ1n) is 5.47. The maximum Gasteiger partial charge on any atom is 0.236 e. The van der Waals surface area contributed by atoms with Gasteiger partial charge in [0.15, 0.2) is 0 Å². The molecule has 0 aromatic heterocycles. The average Bonchev–Trinajstić information content (AvgIpc) is 2.30. The topological polar surface area (TPSA) is 56.6 Å². The van der Waals surface area contributed by atoms with Gasteiger partial charge in [-0.1, -0.05) is 6.92 Å². The maximum atomic E-state index is 11.7. The quantitative estimate of drug-likeness (QED) is 0.599. The van der Waals surface area contributed by atoms with Crippen molar-refractivity contribution in [3.05, 3.63) is 0 Å². The zero-order chi connectivity index (χ0) is 12.4. The van der Waals surface area contributed by atoms with Crippen LogP contribution in [0.25, 0.3) is 0 Å². The molecule has 0 radical (unpaired) electrons. The Morgan fingerprint density at radius 1 is 1.44 bits per heavy atom. The van der Waals surface area contributed by atoms with Gasteiger partial charge in [0.1, 0.15) is 0 Å². The monoisotopic (exact) mass is 227 g/mol. The van der Waals surface area contributed by atoms with Crippen LogP contribution in [0.5, 0.6) is 0 Å². The number of rotatable bonds is 8. The van der Waals surface area contributed by atoms with Gasteiger partial charge in [-0.2, -0.15) is 5.26 Å². The highest BCUT2D eigenvalue weighted by Crippen LogP contribution is 1.93. The van der Waals surface area contributed by atoms with E-state index in [1.54, 1.807) is 19.1 Å². The van der Waals surface area contributed by atoms with Crippen LogP contribution in [0.4, 0.5) is 0 Å². The van der Waals surface area contributed by atoms with E-state index in [0.29, 0.717) is 26.1 Å². The molecule has 1 amide bonds. The van der Waals surface area contributed by atoms with Gasteiger partial charge in [0.2, 0.25) is 5.91 Å². The van der Waals surface area contributed by atoms with E-state index < -0.39 is 0 Å². The number of nitrogens with zero attached hydrogens (tertiary/aromatic N) is 3.